The average molecular weight is 569 g/mol. The summed E-state index contributed by atoms with van der Waals surface area (Å²) in [6.07, 6.45) is 6.59. The topological polar surface area (TPSA) is 84.3 Å². The van der Waals surface area contributed by atoms with Gasteiger partial charge in [-0.25, -0.2) is 4.98 Å². The lowest BCUT2D eigenvalue weighted by Gasteiger charge is -2.17. The first kappa shape index (κ1) is 28.5. The Morgan fingerprint density at radius 2 is 1.83 bits per heavy atom. The van der Waals surface area contributed by atoms with E-state index in [4.69, 9.17) is 4.98 Å². The Morgan fingerprint density at radius 3 is 2.54 bits per heavy atom. The number of carbonyl (C=O) groups excluding carboxylic acids is 2. The molecule has 1 atom stereocenters. The van der Waals surface area contributed by atoms with Crippen molar-refractivity contribution < 1.29 is 9.59 Å². The number of fused-ring (bicyclic) bond motifs is 1. The van der Waals surface area contributed by atoms with E-state index >= 15 is 0 Å². The van der Waals surface area contributed by atoms with E-state index < -0.39 is 0 Å². The van der Waals surface area contributed by atoms with E-state index in [2.05, 4.69) is 5.32 Å². The van der Waals surface area contributed by atoms with E-state index in [9.17, 15) is 14.4 Å². The van der Waals surface area contributed by atoms with Crippen LogP contribution in [0.1, 0.15) is 68.2 Å². The van der Waals surface area contributed by atoms with Crippen LogP contribution >= 0.6 is 11.3 Å². The first-order valence-electron chi connectivity index (χ1n) is 14.0. The largest absolute Gasteiger partial charge is 0.348 e. The van der Waals surface area contributed by atoms with Gasteiger partial charge in [-0.05, 0) is 73.9 Å². The van der Waals surface area contributed by atoms with Crippen molar-refractivity contribution in [3.8, 4) is 11.3 Å². The van der Waals surface area contributed by atoms with Gasteiger partial charge in [0.1, 0.15) is 5.69 Å². The first-order chi connectivity index (χ1) is 19.6. The maximum Gasteiger partial charge on any atom is 0.272 e. The summed E-state index contributed by atoms with van der Waals surface area (Å²) in [6, 6.07) is 15.6. The van der Waals surface area contributed by atoms with E-state index in [1.807, 2.05) is 62.4 Å². The van der Waals surface area contributed by atoms with Gasteiger partial charge in [0.15, 0.2) is 0 Å². The number of rotatable bonds is 7. The third-order valence-corrected chi connectivity index (χ3v) is 9.12. The second-order valence-corrected chi connectivity index (χ2v) is 12.2. The van der Waals surface area contributed by atoms with Crippen molar-refractivity contribution in [3.63, 3.8) is 0 Å². The minimum atomic E-state index is -0.241. The minimum absolute atomic E-state index is 0.0456. The summed E-state index contributed by atoms with van der Waals surface area (Å²) in [6.45, 7) is 3.86. The molecule has 1 unspecified atom stereocenters. The molecule has 41 heavy (non-hydrogen) atoms. The number of carbonyl (C=O) groups is 2. The zero-order valence-corrected chi connectivity index (χ0v) is 25.1. The molecule has 2 amide bonds. The van der Waals surface area contributed by atoms with Crippen molar-refractivity contribution in [2.75, 3.05) is 19.4 Å². The summed E-state index contributed by atoms with van der Waals surface area (Å²) in [4.78, 5) is 47.0. The van der Waals surface area contributed by atoms with Crippen molar-refractivity contribution in [2.24, 2.45) is 7.05 Å². The standard InChI is InChI=1S/C33H36N4O3S/c1-20(32(39)36(3)4)23-15-13-22(14-16-23)17-27-33(40)37(5)19-28(34-27)25-10-8-11-26(21(25)2)35-31(38)30-18-24-9-6-7-12-29(24)41-30/h8,10-11,13-16,18-20H,6-7,9,12,17H2,1-5H3,(H,35,38). The van der Waals surface area contributed by atoms with Crippen LogP contribution in [-0.2, 0) is 31.1 Å². The molecule has 212 valence electrons. The van der Waals surface area contributed by atoms with Gasteiger partial charge in [-0.15, -0.1) is 11.3 Å². The quantitative estimate of drug-likeness (QED) is 0.309. The SMILES string of the molecule is Cc1c(NC(=O)c2cc3c(s2)CCCC3)cccc1-c1cn(C)c(=O)c(Cc2ccc(C(C)C(=O)N(C)C)cc2)n1. The highest BCUT2D eigenvalue weighted by atomic mass is 32.1. The van der Waals surface area contributed by atoms with Crippen LogP contribution in [0.4, 0.5) is 5.69 Å². The second kappa shape index (κ2) is 11.8. The number of benzene rings is 2. The third kappa shape index (κ3) is 6.03. The molecule has 2 heterocycles. The van der Waals surface area contributed by atoms with E-state index in [0.717, 1.165) is 45.7 Å². The van der Waals surface area contributed by atoms with Crippen LogP contribution in [-0.4, -0.2) is 40.4 Å². The van der Waals surface area contributed by atoms with Gasteiger partial charge in [-0.3, -0.25) is 14.4 Å². The number of anilines is 1. The molecule has 0 saturated carbocycles. The maximum atomic E-state index is 13.1. The van der Waals surface area contributed by atoms with Gasteiger partial charge in [-0.1, -0.05) is 36.4 Å². The second-order valence-electron chi connectivity index (χ2n) is 11.1. The number of amides is 2. The lowest BCUT2D eigenvalue weighted by Crippen LogP contribution is -2.26. The van der Waals surface area contributed by atoms with Crippen molar-refractivity contribution >= 4 is 28.8 Å². The molecule has 0 aliphatic heterocycles. The fraction of sp³-hybridized carbons (Fsp3) is 0.333. The maximum absolute atomic E-state index is 13.1. The Kier molecular flexibility index (Phi) is 8.22. The molecule has 1 aliphatic rings. The van der Waals surface area contributed by atoms with Crippen LogP contribution in [0.5, 0.6) is 0 Å². The van der Waals surface area contributed by atoms with Gasteiger partial charge in [-0.2, -0.15) is 0 Å². The number of likely N-dealkylation sites (N-methyl/N-ethyl adjacent to an activating group) is 1. The highest BCUT2D eigenvalue weighted by Gasteiger charge is 2.20. The van der Waals surface area contributed by atoms with Crippen LogP contribution in [0.25, 0.3) is 11.3 Å². The number of hydrogen-bond donors (Lipinski definition) is 1. The van der Waals surface area contributed by atoms with Crippen LogP contribution in [0, 0.1) is 6.92 Å². The van der Waals surface area contributed by atoms with Crippen LogP contribution in [0.15, 0.2) is 59.5 Å². The average Bonchev–Trinajstić information content (AvgIpc) is 3.41. The molecular weight excluding hydrogens is 532 g/mol. The van der Waals surface area contributed by atoms with Crippen molar-refractivity contribution in [3.05, 3.63) is 103 Å². The van der Waals surface area contributed by atoms with Crippen molar-refractivity contribution in [2.45, 2.75) is 51.9 Å². The number of hydrogen-bond acceptors (Lipinski definition) is 5. The highest BCUT2D eigenvalue weighted by Crippen LogP contribution is 2.32. The Bertz CT molecular complexity index is 1640. The third-order valence-electron chi connectivity index (χ3n) is 7.88. The highest BCUT2D eigenvalue weighted by molar-refractivity contribution is 7.14. The zero-order valence-electron chi connectivity index (χ0n) is 24.3. The van der Waals surface area contributed by atoms with Crippen molar-refractivity contribution in [1.82, 2.24) is 14.5 Å². The van der Waals surface area contributed by atoms with E-state index in [1.54, 1.807) is 48.1 Å². The summed E-state index contributed by atoms with van der Waals surface area (Å²) in [5.74, 6) is -0.289. The van der Waals surface area contributed by atoms with Gasteiger partial charge >= 0.3 is 0 Å². The molecule has 0 radical (unpaired) electrons. The molecule has 1 aliphatic carbocycles. The summed E-state index contributed by atoms with van der Waals surface area (Å²) in [7, 11) is 5.24. The smallest absolute Gasteiger partial charge is 0.272 e. The number of thiophene rings is 1. The molecule has 1 N–H and O–H groups in total. The molecule has 0 saturated heterocycles. The molecule has 8 heteroatoms. The molecule has 0 spiro atoms. The molecule has 0 fully saturated rings. The lowest BCUT2D eigenvalue weighted by atomic mass is 9.97. The molecule has 4 aromatic rings. The lowest BCUT2D eigenvalue weighted by molar-refractivity contribution is -0.129. The van der Waals surface area contributed by atoms with Crippen LogP contribution in [0.2, 0.25) is 0 Å². The predicted octanol–water partition coefficient (Wildman–Crippen LogP) is 5.73. The molecule has 2 aromatic heterocycles. The minimum Gasteiger partial charge on any atom is -0.348 e. The molecule has 7 nitrogen and oxygen atoms in total. The van der Waals surface area contributed by atoms with Crippen LogP contribution in [0.3, 0.4) is 0 Å². The van der Waals surface area contributed by atoms with Gasteiger partial charge < -0.3 is 14.8 Å². The number of aromatic nitrogens is 2. The van der Waals surface area contributed by atoms with Crippen molar-refractivity contribution in [1.29, 1.82) is 0 Å². The number of aryl methyl sites for hydroxylation is 3. The van der Waals surface area contributed by atoms with Crippen LogP contribution < -0.4 is 10.9 Å². The molecule has 2 aromatic carbocycles. The van der Waals surface area contributed by atoms with E-state index in [-0.39, 0.29) is 23.3 Å². The summed E-state index contributed by atoms with van der Waals surface area (Å²) in [5, 5.41) is 3.10. The number of nitrogens with zero attached hydrogens (tertiary/aromatic N) is 3. The zero-order chi connectivity index (χ0) is 29.3. The monoisotopic (exact) mass is 568 g/mol. The fourth-order valence-electron chi connectivity index (χ4n) is 5.40. The first-order valence-corrected chi connectivity index (χ1v) is 14.8. The predicted molar refractivity (Wildman–Crippen MR) is 165 cm³/mol. The van der Waals surface area contributed by atoms with E-state index in [0.29, 0.717) is 17.8 Å². The number of nitrogens with one attached hydrogen (secondary N) is 1. The van der Waals surface area contributed by atoms with Gasteiger partial charge in [0.2, 0.25) is 5.91 Å². The van der Waals surface area contributed by atoms with Gasteiger partial charge in [0, 0.05) is 49.9 Å². The Hall–Kier alpha value is -4.04. The summed E-state index contributed by atoms with van der Waals surface area (Å²) in [5.41, 5.74) is 6.61. The van der Waals surface area contributed by atoms with Gasteiger partial charge in [0.05, 0.1) is 16.5 Å². The van der Waals surface area contributed by atoms with E-state index in [1.165, 1.54) is 23.3 Å². The normalized spacial score (nSPS) is 13.4. The summed E-state index contributed by atoms with van der Waals surface area (Å²) < 4.78 is 1.56. The molecule has 0 bridgehead atoms. The fourth-order valence-corrected chi connectivity index (χ4v) is 6.54. The summed E-state index contributed by atoms with van der Waals surface area (Å²) >= 11 is 1.60. The van der Waals surface area contributed by atoms with Gasteiger partial charge in [0.25, 0.3) is 11.5 Å². The molecular formula is C33H36N4O3S. The Balaban J connectivity index is 1.38. The molecule has 5 rings (SSSR count). The Morgan fingerprint density at radius 1 is 1.10 bits per heavy atom. The Labute approximate surface area is 244 Å².